The summed E-state index contributed by atoms with van der Waals surface area (Å²) in [5.41, 5.74) is -0.303. The molecular formula is C38H62O18. The summed E-state index contributed by atoms with van der Waals surface area (Å²) in [7, 11) is 0. The molecule has 3 aliphatic carbocycles. The molecule has 18 nitrogen and oxygen atoms in total. The molecule has 18 heteroatoms. The number of hydrogen-bond donors (Lipinski definition) is 11. The van der Waals surface area contributed by atoms with Crippen molar-refractivity contribution in [2.45, 2.75) is 170 Å². The molecule has 0 amide bonds. The number of aliphatic hydroxyl groups excluding tert-OH is 11. The van der Waals surface area contributed by atoms with Crippen LogP contribution in [0.1, 0.15) is 72.1 Å². The monoisotopic (exact) mass is 806 g/mol. The van der Waals surface area contributed by atoms with Gasteiger partial charge in [0.05, 0.1) is 31.3 Å². The average Bonchev–Trinajstić information content (AvgIpc) is 3.37. The van der Waals surface area contributed by atoms with Crippen molar-refractivity contribution in [1.82, 2.24) is 0 Å². The molecule has 6 aliphatic rings. The standard InChI is InChI=1S/C38H62O18/c1-4-16-12-17-6-9-23-37(2,10-5-11-38(23,3)36(50)56-34-30(48)28(46)25(43)21(14-40)53-34)18(17)7-8-19(16)51-35-31(49)32(26(44)22(15-41)54-35)55-33-29(47)27(45)24(42)20(13-39)52-33/h4,17-35,39-49H,5-15H2,1-3H3/b16-4-/t17?,18-,19?,20?,21?,22?,23?,24?,25?,26?,27?,28?,29?,30?,31?,32?,33?,34?,35?,37+,38-/m1/s1. The highest BCUT2D eigenvalue weighted by Gasteiger charge is 2.61. The molecule has 0 aromatic carbocycles. The Morgan fingerprint density at radius 2 is 1.23 bits per heavy atom. The van der Waals surface area contributed by atoms with Gasteiger partial charge < -0.3 is 84.6 Å². The third-order valence-electron chi connectivity index (χ3n) is 14.0. The largest absolute Gasteiger partial charge is 0.432 e. The van der Waals surface area contributed by atoms with Gasteiger partial charge in [0.15, 0.2) is 12.6 Å². The fraction of sp³-hybridized carbons (Fsp3) is 0.921. The Morgan fingerprint density at radius 1 is 0.679 bits per heavy atom. The lowest BCUT2D eigenvalue weighted by atomic mass is 9.45. The molecule has 56 heavy (non-hydrogen) atoms. The van der Waals surface area contributed by atoms with E-state index in [-0.39, 0.29) is 23.2 Å². The molecule has 322 valence electrons. The molecule has 3 saturated carbocycles. The summed E-state index contributed by atoms with van der Waals surface area (Å²) in [6.07, 6.45) is -16.5. The molecule has 3 heterocycles. The molecule has 11 N–H and O–H groups in total. The van der Waals surface area contributed by atoms with Gasteiger partial charge in [-0.2, -0.15) is 0 Å². The number of allylic oxidation sites excluding steroid dienone is 1. The number of ether oxygens (including phenoxy) is 6. The van der Waals surface area contributed by atoms with Crippen molar-refractivity contribution in [3.63, 3.8) is 0 Å². The Balaban J connectivity index is 1.16. The van der Waals surface area contributed by atoms with Crippen molar-refractivity contribution in [2.24, 2.45) is 28.6 Å². The lowest BCUT2D eigenvalue weighted by Crippen LogP contribution is -2.65. The number of aliphatic hydroxyl groups is 11. The second kappa shape index (κ2) is 17.7. The fourth-order valence-corrected chi connectivity index (χ4v) is 10.8. The Bertz CT molecular complexity index is 1370. The number of esters is 1. The van der Waals surface area contributed by atoms with E-state index in [9.17, 15) is 61.0 Å². The molecule has 0 radical (unpaired) electrons. The number of carbonyl (C=O) groups is 1. The maximum atomic E-state index is 14.1. The lowest BCUT2D eigenvalue weighted by molar-refractivity contribution is -0.362. The maximum absolute atomic E-state index is 14.1. The third-order valence-corrected chi connectivity index (χ3v) is 14.0. The van der Waals surface area contributed by atoms with Crippen LogP contribution in [0.2, 0.25) is 0 Å². The van der Waals surface area contributed by atoms with E-state index in [2.05, 4.69) is 6.92 Å². The van der Waals surface area contributed by atoms with Crippen LogP contribution in [-0.2, 0) is 33.2 Å². The third kappa shape index (κ3) is 7.96. The van der Waals surface area contributed by atoms with Gasteiger partial charge in [-0.05, 0) is 87.5 Å². The van der Waals surface area contributed by atoms with Crippen LogP contribution in [-0.4, -0.2) is 180 Å². The summed E-state index contributed by atoms with van der Waals surface area (Å²) in [4.78, 5) is 14.1. The molecule has 21 atom stereocenters. The van der Waals surface area contributed by atoms with Crippen molar-refractivity contribution < 1.29 is 89.4 Å². The first-order chi connectivity index (χ1) is 26.5. The van der Waals surface area contributed by atoms with Gasteiger partial charge in [-0.25, -0.2) is 0 Å². The highest BCUT2D eigenvalue weighted by molar-refractivity contribution is 5.77. The predicted molar refractivity (Wildman–Crippen MR) is 189 cm³/mol. The van der Waals surface area contributed by atoms with Gasteiger partial charge in [0.1, 0.15) is 73.2 Å². The Hall–Kier alpha value is -1.43. The number of rotatable bonds is 9. The topological polar surface area (TPSA) is 295 Å². The number of carbonyl (C=O) groups excluding carboxylic acids is 1. The van der Waals surface area contributed by atoms with E-state index in [0.29, 0.717) is 25.7 Å². The number of hydrogen-bond acceptors (Lipinski definition) is 18. The van der Waals surface area contributed by atoms with Crippen LogP contribution in [0.25, 0.3) is 0 Å². The fourth-order valence-electron chi connectivity index (χ4n) is 10.8. The van der Waals surface area contributed by atoms with E-state index in [1.807, 2.05) is 19.9 Å². The Labute approximate surface area is 325 Å². The molecule has 0 aromatic rings. The van der Waals surface area contributed by atoms with Gasteiger partial charge in [0, 0.05) is 0 Å². The van der Waals surface area contributed by atoms with Crippen LogP contribution in [0.4, 0.5) is 0 Å². The van der Waals surface area contributed by atoms with Gasteiger partial charge in [0.25, 0.3) is 0 Å². The summed E-state index contributed by atoms with van der Waals surface area (Å²) < 4.78 is 34.8. The molecule has 0 spiro atoms. The summed E-state index contributed by atoms with van der Waals surface area (Å²) in [5.74, 6) is -0.309. The zero-order valence-electron chi connectivity index (χ0n) is 32.1. The van der Waals surface area contributed by atoms with Crippen LogP contribution in [0, 0.1) is 28.6 Å². The maximum Gasteiger partial charge on any atom is 0.314 e. The van der Waals surface area contributed by atoms with E-state index >= 15 is 0 Å². The average molecular weight is 807 g/mol. The molecule has 3 saturated heterocycles. The van der Waals surface area contributed by atoms with Crippen LogP contribution in [0.5, 0.6) is 0 Å². The van der Waals surface area contributed by atoms with Crippen LogP contribution >= 0.6 is 0 Å². The Kier molecular flexibility index (Phi) is 13.9. The van der Waals surface area contributed by atoms with Gasteiger partial charge in [-0.1, -0.05) is 19.4 Å². The zero-order chi connectivity index (χ0) is 40.9. The van der Waals surface area contributed by atoms with E-state index in [0.717, 1.165) is 31.3 Å². The minimum Gasteiger partial charge on any atom is -0.432 e. The molecule has 18 unspecified atom stereocenters. The molecule has 6 fully saturated rings. The zero-order valence-corrected chi connectivity index (χ0v) is 32.1. The van der Waals surface area contributed by atoms with Gasteiger partial charge in [-0.3, -0.25) is 4.79 Å². The number of fused-ring (bicyclic) bond motifs is 3. The first-order valence-corrected chi connectivity index (χ1v) is 19.9. The van der Waals surface area contributed by atoms with Gasteiger partial charge >= 0.3 is 5.97 Å². The van der Waals surface area contributed by atoms with Crippen LogP contribution < -0.4 is 0 Å². The second-order valence-corrected chi connectivity index (χ2v) is 17.2. The summed E-state index contributed by atoms with van der Waals surface area (Å²) >= 11 is 0. The Morgan fingerprint density at radius 3 is 1.82 bits per heavy atom. The second-order valence-electron chi connectivity index (χ2n) is 17.2. The normalized spacial score (nSPS) is 52.1. The quantitative estimate of drug-likeness (QED) is 0.0835. The highest BCUT2D eigenvalue weighted by Crippen LogP contribution is 2.64. The van der Waals surface area contributed by atoms with Gasteiger partial charge in [0.2, 0.25) is 6.29 Å². The van der Waals surface area contributed by atoms with E-state index < -0.39 is 129 Å². The summed E-state index contributed by atoms with van der Waals surface area (Å²) in [5, 5.41) is 114. The first-order valence-electron chi connectivity index (χ1n) is 19.9. The molecular weight excluding hydrogens is 744 g/mol. The van der Waals surface area contributed by atoms with E-state index in [1.54, 1.807) is 0 Å². The van der Waals surface area contributed by atoms with E-state index in [1.165, 1.54) is 0 Å². The predicted octanol–water partition coefficient (Wildman–Crippen LogP) is -2.69. The minimum absolute atomic E-state index is 0.107. The summed E-state index contributed by atoms with van der Waals surface area (Å²) in [6.45, 7) is 3.95. The van der Waals surface area contributed by atoms with Gasteiger partial charge in [-0.15, -0.1) is 0 Å². The summed E-state index contributed by atoms with van der Waals surface area (Å²) in [6, 6.07) is 0. The first kappa shape index (κ1) is 44.1. The van der Waals surface area contributed by atoms with Crippen molar-refractivity contribution in [3.8, 4) is 0 Å². The van der Waals surface area contributed by atoms with Crippen molar-refractivity contribution in [1.29, 1.82) is 0 Å². The lowest BCUT2D eigenvalue weighted by Gasteiger charge is -2.59. The van der Waals surface area contributed by atoms with E-state index in [4.69, 9.17) is 28.4 Å². The van der Waals surface area contributed by atoms with Crippen LogP contribution in [0.3, 0.4) is 0 Å². The smallest absolute Gasteiger partial charge is 0.314 e. The minimum atomic E-state index is -1.80. The van der Waals surface area contributed by atoms with Crippen LogP contribution in [0.15, 0.2) is 11.6 Å². The SMILES string of the molecule is C/C=C1/CC2CCC3[C@](C)(C(=O)OC4OC(CO)C(O)C(O)C4O)CCC[C@@]3(C)[C@@H]2CCC1OC1OC(CO)C(O)C(OC2OC(CO)C(O)C(O)C2O)C1O. The molecule has 0 aromatic heterocycles. The van der Waals surface area contributed by atoms with Crippen molar-refractivity contribution in [3.05, 3.63) is 11.6 Å². The molecule has 0 bridgehead atoms. The van der Waals surface area contributed by atoms with Crippen molar-refractivity contribution in [2.75, 3.05) is 19.8 Å². The molecule has 6 rings (SSSR count). The van der Waals surface area contributed by atoms with Crippen molar-refractivity contribution >= 4 is 5.97 Å². The molecule has 3 aliphatic heterocycles. The highest BCUT2D eigenvalue weighted by atomic mass is 16.7.